The first kappa shape index (κ1) is 14.6. The van der Waals surface area contributed by atoms with Gasteiger partial charge in [-0.15, -0.1) is 0 Å². The lowest BCUT2D eigenvalue weighted by Gasteiger charge is -2.17. The second-order valence-electron chi connectivity index (χ2n) is 6.71. The summed E-state index contributed by atoms with van der Waals surface area (Å²) in [6, 6.07) is 5.83. The summed E-state index contributed by atoms with van der Waals surface area (Å²) < 4.78 is 5.83. The Morgan fingerprint density at radius 2 is 2.00 bits per heavy atom. The molecule has 0 amide bonds. The topological polar surface area (TPSA) is 42.1 Å². The largest absolute Gasteiger partial charge is 0.490 e. The Labute approximate surface area is 120 Å². The highest BCUT2D eigenvalue weighted by Crippen LogP contribution is 2.32. The number of fused-ring (bicyclic) bond motifs is 1. The summed E-state index contributed by atoms with van der Waals surface area (Å²) in [7, 11) is 0. The van der Waals surface area contributed by atoms with Crippen LogP contribution >= 0.6 is 0 Å². The van der Waals surface area contributed by atoms with Crippen molar-refractivity contribution in [2.24, 2.45) is 5.41 Å². The summed E-state index contributed by atoms with van der Waals surface area (Å²) in [5, 5.41) is 0.899. The fraction of sp³-hybridized carbons (Fsp3) is 0.471. The molecule has 2 rings (SSSR count). The van der Waals surface area contributed by atoms with Crippen LogP contribution in [-0.4, -0.2) is 16.9 Å². The molecule has 0 bridgehead atoms. The molecule has 2 aromatic rings. The van der Waals surface area contributed by atoms with Gasteiger partial charge in [-0.3, -0.25) is 4.79 Å². The highest BCUT2D eigenvalue weighted by atomic mass is 16.5. The number of H-pyrrole nitrogens is 1. The minimum Gasteiger partial charge on any atom is -0.490 e. The number of benzene rings is 1. The van der Waals surface area contributed by atoms with Crippen LogP contribution in [0.15, 0.2) is 24.4 Å². The van der Waals surface area contributed by atoms with Gasteiger partial charge in [0.1, 0.15) is 5.75 Å². The van der Waals surface area contributed by atoms with Crippen LogP contribution < -0.4 is 4.74 Å². The van der Waals surface area contributed by atoms with E-state index in [0.717, 1.165) is 22.2 Å². The smallest absolute Gasteiger partial charge is 0.165 e. The molecule has 3 nitrogen and oxygen atoms in total. The zero-order chi connectivity index (χ0) is 14.9. The van der Waals surface area contributed by atoms with E-state index in [0.29, 0.717) is 6.42 Å². The first-order valence-electron chi connectivity index (χ1n) is 7.08. The molecule has 0 unspecified atom stereocenters. The molecular weight excluding hydrogens is 250 g/mol. The Bertz CT molecular complexity index is 617. The Morgan fingerprint density at radius 1 is 1.30 bits per heavy atom. The first-order valence-corrected chi connectivity index (χ1v) is 7.08. The number of hydrogen-bond donors (Lipinski definition) is 1. The van der Waals surface area contributed by atoms with E-state index >= 15 is 0 Å². The van der Waals surface area contributed by atoms with Crippen molar-refractivity contribution in [3.8, 4) is 5.75 Å². The molecule has 1 N–H and O–H groups in total. The number of carbonyl (C=O) groups is 1. The second-order valence-corrected chi connectivity index (χ2v) is 6.71. The summed E-state index contributed by atoms with van der Waals surface area (Å²) in [6.45, 7) is 10.2. The number of ketones is 1. The molecule has 0 fully saturated rings. The van der Waals surface area contributed by atoms with E-state index in [4.69, 9.17) is 4.74 Å². The number of nitrogens with one attached hydrogen (secondary N) is 1. The average Bonchev–Trinajstić information content (AvgIpc) is 2.70. The van der Waals surface area contributed by atoms with Crippen molar-refractivity contribution < 1.29 is 9.53 Å². The Balaban J connectivity index is 2.46. The van der Waals surface area contributed by atoms with Crippen molar-refractivity contribution in [3.05, 3.63) is 30.0 Å². The molecule has 1 aromatic carbocycles. The van der Waals surface area contributed by atoms with Crippen molar-refractivity contribution in [3.63, 3.8) is 0 Å². The average molecular weight is 273 g/mol. The number of aromatic amines is 1. The summed E-state index contributed by atoms with van der Waals surface area (Å²) in [4.78, 5) is 15.7. The Morgan fingerprint density at radius 3 is 2.60 bits per heavy atom. The third-order valence-corrected chi connectivity index (χ3v) is 3.02. The van der Waals surface area contributed by atoms with Crippen molar-refractivity contribution >= 4 is 16.7 Å². The van der Waals surface area contributed by atoms with Crippen molar-refractivity contribution in [1.29, 1.82) is 0 Å². The summed E-state index contributed by atoms with van der Waals surface area (Å²) in [6.07, 6.45) is 2.41. The predicted molar refractivity (Wildman–Crippen MR) is 82.5 cm³/mol. The van der Waals surface area contributed by atoms with E-state index in [-0.39, 0.29) is 17.3 Å². The fourth-order valence-corrected chi connectivity index (χ4v) is 2.30. The number of carbonyl (C=O) groups excluding carboxylic acids is 1. The van der Waals surface area contributed by atoms with Gasteiger partial charge in [0.25, 0.3) is 0 Å². The zero-order valence-corrected chi connectivity index (χ0v) is 12.9. The second kappa shape index (κ2) is 5.31. The van der Waals surface area contributed by atoms with Gasteiger partial charge in [-0.05, 0) is 31.4 Å². The highest BCUT2D eigenvalue weighted by Gasteiger charge is 2.21. The molecule has 0 aliphatic heterocycles. The van der Waals surface area contributed by atoms with E-state index in [2.05, 4.69) is 25.8 Å². The van der Waals surface area contributed by atoms with E-state index in [9.17, 15) is 4.79 Å². The van der Waals surface area contributed by atoms with Gasteiger partial charge in [-0.2, -0.15) is 0 Å². The Hall–Kier alpha value is -1.77. The number of hydrogen-bond acceptors (Lipinski definition) is 2. The van der Waals surface area contributed by atoms with E-state index in [1.807, 2.05) is 32.0 Å². The predicted octanol–water partition coefficient (Wildman–Crippen LogP) is 4.57. The molecule has 0 saturated heterocycles. The molecule has 20 heavy (non-hydrogen) atoms. The number of aromatic nitrogens is 1. The number of Topliss-reactive ketones (excluding diaryl/α,β-unsaturated/α-hetero) is 1. The third-order valence-electron chi connectivity index (χ3n) is 3.02. The number of ether oxygens (including phenoxy) is 1. The number of rotatable bonds is 4. The van der Waals surface area contributed by atoms with E-state index in [1.165, 1.54) is 0 Å². The van der Waals surface area contributed by atoms with Crippen molar-refractivity contribution in [1.82, 2.24) is 4.98 Å². The molecular formula is C17H23NO2. The molecule has 1 heterocycles. The maximum absolute atomic E-state index is 12.5. The molecule has 3 heteroatoms. The lowest BCUT2D eigenvalue weighted by atomic mass is 9.88. The van der Waals surface area contributed by atoms with Crippen molar-refractivity contribution in [2.45, 2.75) is 47.1 Å². The van der Waals surface area contributed by atoms with Crippen LogP contribution in [0.4, 0.5) is 0 Å². The molecule has 0 spiro atoms. The van der Waals surface area contributed by atoms with Crippen LogP contribution in [0.3, 0.4) is 0 Å². The molecule has 0 aliphatic rings. The summed E-state index contributed by atoms with van der Waals surface area (Å²) in [5.74, 6) is 0.930. The van der Waals surface area contributed by atoms with Gasteiger partial charge in [-0.1, -0.05) is 26.8 Å². The van der Waals surface area contributed by atoms with Gasteiger partial charge in [0.15, 0.2) is 5.78 Å². The minimum absolute atomic E-state index is 0.0193. The van der Waals surface area contributed by atoms with Crippen LogP contribution in [0, 0.1) is 5.41 Å². The maximum atomic E-state index is 12.5. The van der Waals surface area contributed by atoms with Gasteiger partial charge >= 0.3 is 0 Å². The van der Waals surface area contributed by atoms with Crippen LogP contribution in [0.5, 0.6) is 5.75 Å². The summed E-state index contributed by atoms with van der Waals surface area (Å²) >= 11 is 0. The van der Waals surface area contributed by atoms with Crippen molar-refractivity contribution in [2.75, 3.05) is 0 Å². The molecule has 0 aliphatic carbocycles. The van der Waals surface area contributed by atoms with Gasteiger partial charge in [0.2, 0.25) is 0 Å². The highest BCUT2D eigenvalue weighted by molar-refractivity contribution is 6.10. The lowest BCUT2D eigenvalue weighted by Crippen LogP contribution is -2.13. The van der Waals surface area contributed by atoms with E-state index in [1.54, 1.807) is 6.20 Å². The van der Waals surface area contributed by atoms with Crippen LogP contribution in [0.2, 0.25) is 0 Å². The van der Waals surface area contributed by atoms with Gasteiger partial charge in [0, 0.05) is 23.7 Å². The van der Waals surface area contributed by atoms with E-state index < -0.39 is 0 Å². The lowest BCUT2D eigenvalue weighted by molar-refractivity contribution is 0.0941. The minimum atomic E-state index is -0.0193. The summed E-state index contributed by atoms with van der Waals surface area (Å²) in [5.41, 5.74) is 1.65. The normalized spacial score (nSPS) is 12.1. The SMILES string of the molecule is CC(C)Oc1cccc2[nH]cc(C(=O)CC(C)(C)C)c12. The quantitative estimate of drug-likeness (QED) is 0.829. The standard InChI is InChI=1S/C17H23NO2/c1-11(2)20-15-8-6-7-13-16(15)12(10-18-13)14(19)9-17(3,4)5/h6-8,10-11,18H,9H2,1-5H3. The molecule has 1 aromatic heterocycles. The Kier molecular flexibility index (Phi) is 3.89. The van der Waals surface area contributed by atoms with Gasteiger partial charge in [-0.25, -0.2) is 0 Å². The zero-order valence-electron chi connectivity index (χ0n) is 12.9. The van der Waals surface area contributed by atoms with Gasteiger partial charge in [0.05, 0.1) is 11.5 Å². The first-order chi connectivity index (χ1) is 9.28. The fourth-order valence-electron chi connectivity index (χ4n) is 2.30. The third kappa shape index (κ3) is 3.21. The molecule has 0 radical (unpaired) electrons. The monoisotopic (exact) mass is 273 g/mol. The molecule has 0 atom stereocenters. The molecule has 108 valence electrons. The van der Waals surface area contributed by atoms with Crippen LogP contribution in [-0.2, 0) is 0 Å². The van der Waals surface area contributed by atoms with Crippen LogP contribution in [0.1, 0.15) is 51.4 Å². The molecule has 0 saturated carbocycles. The maximum Gasteiger partial charge on any atom is 0.165 e. The van der Waals surface area contributed by atoms with Gasteiger partial charge < -0.3 is 9.72 Å². The van der Waals surface area contributed by atoms with Crippen LogP contribution in [0.25, 0.3) is 10.9 Å².